The molecular weight excluding hydrogens is 296 g/mol. The number of piperidine rings is 1. The summed E-state index contributed by atoms with van der Waals surface area (Å²) in [4.78, 5) is 15.1. The van der Waals surface area contributed by atoms with Crippen LogP contribution < -0.4 is 5.32 Å². The maximum atomic E-state index is 12.7. The van der Waals surface area contributed by atoms with Crippen molar-refractivity contribution in [3.05, 3.63) is 34.9 Å². The molecule has 0 bridgehead atoms. The summed E-state index contributed by atoms with van der Waals surface area (Å²) >= 11 is 6.08. The fourth-order valence-corrected chi connectivity index (χ4v) is 3.76. The third kappa shape index (κ3) is 3.31. The standard InChI is InChI=1S/C18H25ClN2O/c1-2-21-10-4-5-14(13-21)12-20-17(22)18(8-9-18)15-6-3-7-16(19)11-15/h3,6-7,11,14H,2,4-5,8-10,12-13H2,1H3,(H,20,22)/t14-/m0/s1. The van der Waals surface area contributed by atoms with Crippen molar-refractivity contribution in [2.24, 2.45) is 5.92 Å². The quantitative estimate of drug-likeness (QED) is 0.903. The number of rotatable bonds is 5. The van der Waals surface area contributed by atoms with E-state index in [0.717, 1.165) is 38.0 Å². The van der Waals surface area contributed by atoms with Crippen molar-refractivity contribution >= 4 is 17.5 Å². The van der Waals surface area contributed by atoms with E-state index >= 15 is 0 Å². The Morgan fingerprint density at radius 1 is 1.45 bits per heavy atom. The molecule has 1 N–H and O–H groups in total. The molecule has 1 heterocycles. The van der Waals surface area contributed by atoms with Crippen LogP contribution in [-0.4, -0.2) is 37.0 Å². The fourth-order valence-electron chi connectivity index (χ4n) is 3.57. The molecule has 0 aromatic heterocycles. The molecule has 1 aliphatic carbocycles. The summed E-state index contributed by atoms with van der Waals surface area (Å²) in [6.07, 6.45) is 4.34. The molecule has 1 aromatic rings. The van der Waals surface area contributed by atoms with Gasteiger partial charge in [0.2, 0.25) is 5.91 Å². The Morgan fingerprint density at radius 3 is 2.95 bits per heavy atom. The Morgan fingerprint density at radius 2 is 2.27 bits per heavy atom. The van der Waals surface area contributed by atoms with Gasteiger partial charge in [0.1, 0.15) is 0 Å². The summed E-state index contributed by atoms with van der Waals surface area (Å²) in [5.74, 6) is 0.774. The number of nitrogens with one attached hydrogen (secondary N) is 1. The van der Waals surface area contributed by atoms with Gasteiger partial charge in [-0.1, -0.05) is 30.7 Å². The highest BCUT2D eigenvalue weighted by molar-refractivity contribution is 6.30. The van der Waals surface area contributed by atoms with Crippen LogP contribution in [0.15, 0.2) is 24.3 Å². The molecule has 3 nitrogen and oxygen atoms in total. The number of likely N-dealkylation sites (tertiary alicyclic amines) is 1. The number of benzene rings is 1. The summed E-state index contributed by atoms with van der Waals surface area (Å²) in [5, 5.41) is 3.92. The van der Waals surface area contributed by atoms with Crippen molar-refractivity contribution in [3.63, 3.8) is 0 Å². The predicted octanol–water partition coefficient (Wildman–Crippen LogP) is 3.22. The maximum Gasteiger partial charge on any atom is 0.230 e. The number of amides is 1. The number of halogens is 1. The molecule has 4 heteroatoms. The predicted molar refractivity (Wildman–Crippen MR) is 90.2 cm³/mol. The largest absolute Gasteiger partial charge is 0.355 e. The summed E-state index contributed by atoms with van der Waals surface area (Å²) < 4.78 is 0. The van der Waals surface area contributed by atoms with Gasteiger partial charge in [-0.2, -0.15) is 0 Å². The average molecular weight is 321 g/mol. The lowest BCUT2D eigenvalue weighted by molar-refractivity contribution is -0.123. The van der Waals surface area contributed by atoms with Crippen molar-refractivity contribution in [2.75, 3.05) is 26.2 Å². The molecule has 1 saturated carbocycles. The maximum absolute atomic E-state index is 12.7. The van der Waals surface area contributed by atoms with Crippen molar-refractivity contribution in [2.45, 2.75) is 38.0 Å². The number of hydrogen-bond donors (Lipinski definition) is 1. The van der Waals surface area contributed by atoms with Crippen LogP contribution in [0.1, 0.15) is 38.2 Å². The molecule has 1 atom stereocenters. The minimum Gasteiger partial charge on any atom is -0.355 e. The van der Waals surface area contributed by atoms with E-state index < -0.39 is 0 Å². The Hall–Kier alpha value is -1.06. The zero-order valence-corrected chi connectivity index (χ0v) is 14.0. The normalized spacial score (nSPS) is 24.0. The van der Waals surface area contributed by atoms with Crippen LogP contribution in [0.3, 0.4) is 0 Å². The second-order valence-electron chi connectivity index (χ2n) is 6.70. The summed E-state index contributed by atoms with van der Waals surface area (Å²) in [6.45, 7) is 6.43. The molecule has 1 aromatic carbocycles. The molecule has 22 heavy (non-hydrogen) atoms. The van der Waals surface area contributed by atoms with Crippen molar-refractivity contribution in [1.82, 2.24) is 10.2 Å². The van der Waals surface area contributed by atoms with Crippen LogP contribution in [0.2, 0.25) is 5.02 Å². The summed E-state index contributed by atoms with van der Waals surface area (Å²) in [7, 11) is 0. The van der Waals surface area contributed by atoms with E-state index in [1.165, 1.54) is 19.4 Å². The second kappa shape index (κ2) is 6.59. The van der Waals surface area contributed by atoms with Gasteiger partial charge in [0.15, 0.2) is 0 Å². The monoisotopic (exact) mass is 320 g/mol. The van der Waals surface area contributed by atoms with Gasteiger partial charge in [-0.25, -0.2) is 0 Å². The fraction of sp³-hybridized carbons (Fsp3) is 0.611. The number of carbonyl (C=O) groups excluding carboxylic acids is 1. The van der Waals surface area contributed by atoms with E-state index in [4.69, 9.17) is 11.6 Å². The van der Waals surface area contributed by atoms with Crippen LogP contribution in [0, 0.1) is 5.92 Å². The first-order chi connectivity index (χ1) is 10.6. The third-order valence-corrected chi connectivity index (χ3v) is 5.40. The SMILES string of the molecule is CCN1CCC[C@@H](CNC(=O)C2(c3cccc(Cl)c3)CC2)C1. The average Bonchev–Trinajstić information content (AvgIpc) is 3.35. The highest BCUT2D eigenvalue weighted by Gasteiger charge is 2.51. The highest BCUT2D eigenvalue weighted by Crippen LogP contribution is 2.48. The van der Waals surface area contributed by atoms with Gasteiger partial charge in [0.25, 0.3) is 0 Å². The van der Waals surface area contributed by atoms with E-state index in [2.05, 4.69) is 17.1 Å². The van der Waals surface area contributed by atoms with Crippen LogP contribution >= 0.6 is 11.6 Å². The first-order valence-corrected chi connectivity index (χ1v) is 8.78. The highest BCUT2D eigenvalue weighted by atomic mass is 35.5. The van der Waals surface area contributed by atoms with Crippen LogP contribution in [0.4, 0.5) is 0 Å². The zero-order chi connectivity index (χ0) is 15.6. The molecule has 120 valence electrons. The zero-order valence-electron chi connectivity index (χ0n) is 13.3. The minimum atomic E-state index is -0.315. The number of hydrogen-bond acceptors (Lipinski definition) is 2. The van der Waals surface area contributed by atoms with E-state index in [1.54, 1.807) is 0 Å². The topological polar surface area (TPSA) is 32.3 Å². The molecule has 0 unspecified atom stereocenters. The smallest absolute Gasteiger partial charge is 0.230 e. The Bertz CT molecular complexity index is 542. The van der Waals surface area contributed by atoms with E-state index in [9.17, 15) is 4.79 Å². The molecule has 1 amide bonds. The van der Waals surface area contributed by atoms with Gasteiger partial charge >= 0.3 is 0 Å². The Labute approximate surface area is 138 Å². The molecule has 1 saturated heterocycles. The van der Waals surface area contributed by atoms with Crippen LogP contribution in [0.5, 0.6) is 0 Å². The number of carbonyl (C=O) groups is 1. The van der Waals surface area contributed by atoms with E-state index in [1.807, 2.05) is 24.3 Å². The lowest BCUT2D eigenvalue weighted by Crippen LogP contribution is -2.43. The molecule has 0 radical (unpaired) electrons. The molecular formula is C18H25ClN2O. The minimum absolute atomic E-state index is 0.184. The Kier molecular flexibility index (Phi) is 4.74. The molecule has 2 aliphatic rings. The summed E-state index contributed by atoms with van der Waals surface area (Å²) in [5.41, 5.74) is 0.751. The van der Waals surface area contributed by atoms with Gasteiger partial charge in [-0.3, -0.25) is 4.79 Å². The van der Waals surface area contributed by atoms with Gasteiger partial charge in [0, 0.05) is 18.1 Å². The van der Waals surface area contributed by atoms with Crippen molar-refractivity contribution < 1.29 is 4.79 Å². The molecule has 1 aliphatic heterocycles. The van der Waals surface area contributed by atoms with Crippen LogP contribution in [0.25, 0.3) is 0 Å². The summed E-state index contributed by atoms with van der Waals surface area (Å²) in [6, 6.07) is 7.76. The third-order valence-electron chi connectivity index (χ3n) is 5.16. The van der Waals surface area contributed by atoms with Gasteiger partial charge in [-0.15, -0.1) is 0 Å². The Balaban J connectivity index is 1.58. The van der Waals surface area contributed by atoms with Crippen molar-refractivity contribution in [1.29, 1.82) is 0 Å². The van der Waals surface area contributed by atoms with Gasteiger partial charge in [0.05, 0.1) is 5.41 Å². The van der Waals surface area contributed by atoms with Gasteiger partial charge in [-0.05, 0) is 62.4 Å². The lowest BCUT2D eigenvalue weighted by atomic mass is 9.94. The molecule has 0 spiro atoms. The number of nitrogens with zero attached hydrogens (tertiary/aromatic N) is 1. The van der Waals surface area contributed by atoms with E-state index in [-0.39, 0.29) is 11.3 Å². The molecule has 2 fully saturated rings. The lowest BCUT2D eigenvalue weighted by Gasteiger charge is -2.32. The second-order valence-corrected chi connectivity index (χ2v) is 7.14. The van der Waals surface area contributed by atoms with E-state index in [0.29, 0.717) is 10.9 Å². The van der Waals surface area contributed by atoms with Crippen LogP contribution in [-0.2, 0) is 10.2 Å². The molecule has 3 rings (SSSR count). The first-order valence-electron chi connectivity index (χ1n) is 8.41. The van der Waals surface area contributed by atoms with Crippen molar-refractivity contribution in [3.8, 4) is 0 Å². The first kappa shape index (κ1) is 15.8. The van der Waals surface area contributed by atoms with Gasteiger partial charge < -0.3 is 10.2 Å².